The van der Waals surface area contributed by atoms with Gasteiger partial charge in [0.2, 0.25) is 5.95 Å². The molecule has 1 atom stereocenters. The maximum absolute atomic E-state index is 13.3. The number of anilines is 2. The second-order valence-corrected chi connectivity index (χ2v) is 7.59. The maximum atomic E-state index is 13.3. The monoisotopic (exact) mass is 388 g/mol. The third-order valence-electron chi connectivity index (χ3n) is 5.20. The van der Waals surface area contributed by atoms with Crippen molar-refractivity contribution in [2.75, 3.05) is 17.3 Å². The number of hydrogen-bond donors (Lipinski definition) is 3. The van der Waals surface area contributed by atoms with Crippen LogP contribution in [-0.4, -0.2) is 22.0 Å². The molecule has 5 rings (SSSR count). The molecule has 138 valence electrons. The van der Waals surface area contributed by atoms with Crippen LogP contribution in [0.3, 0.4) is 0 Å². The number of rotatable bonds is 2. The second-order valence-electron chi connectivity index (χ2n) is 6.71. The fraction of sp³-hybridized carbons (Fsp3) is 0.0952. The highest BCUT2D eigenvalue weighted by molar-refractivity contribution is 7.98. The molecule has 0 saturated carbocycles. The topological polar surface area (TPSA) is 101 Å². The highest BCUT2D eigenvalue weighted by Crippen LogP contribution is 2.47. The molecule has 2 aliphatic rings. The van der Waals surface area contributed by atoms with Crippen molar-refractivity contribution in [1.29, 1.82) is 0 Å². The van der Waals surface area contributed by atoms with Crippen molar-refractivity contribution in [3.63, 3.8) is 0 Å². The van der Waals surface area contributed by atoms with E-state index in [1.807, 2.05) is 54.8 Å². The number of benzene rings is 2. The summed E-state index contributed by atoms with van der Waals surface area (Å²) in [5.41, 5.74) is 9.42. The van der Waals surface area contributed by atoms with E-state index in [9.17, 15) is 9.59 Å². The fourth-order valence-electron chi connectivity index (χ4n) is 3.97. The van der Waals surface area contributed by atoms with Gasteiger partial charge in [0, 0.05) is 27.5 Å². The number of carbonyl (C=O) groups excluding carboxylic acids is 1. The number of ketones is 1. The smallest absolute Gasteiger partial charge is 0.258 e. The molecule has 0 radical (unpaired) electrons. The number of nitrogens with one attached hydrogen (secondary N) is 2. The average molecular weight is 388 g/mol. The zero-order valence-corrected chi connectivity index (χ0v) is 15.8. The first kappa shape index (κ1) is 16.8. The Morgan fingerprint density at radius 1 is 1.04 bits per heavy atom. The lowest BCUT2D eigenvalue weighted by Crippen LogP contribution is -2.28. The number of hydrogen-bond acceptors (Lipinski definition) is 6. The first-order valence-corrected chi connectivity index (χ1v) is 10.00. The van der Waals surface area contributed by atoms with Crippen LogP contribution in [0.4, 0.5) is 11.8 Å². The summed E-state index contributed by atoms with van der Waals surface area (Å²) < 4.78 is 0. The van der Waals surface area contributed by atoms with Gasteiger partial charge in [-0.05, 0) is 24.0 Å². The van der Waals surface area contributed by atoms with Crippen molar-refractivity contribution in [2.45, 2.75) is 10.8 Å². The third kappa shape index (κ3) is 2.33. The number of Topliss-reactive ketones (excluding diaryl/α,β-unsaturated/α-hetero) is 1. The van der Waals surface area contributed by atoms with Crippen molar-refractivity contribution < 1.29 is 4.79 Å². The van der Waals surface area contributed by atoms with Gasteiger partial charge in [-0.2, -0.15) is 4.98 Å². The minimum absolute atomic E-state index is 0.0365. The van der Waals surface area contributed by atoms with Crippen LogP contribution >= 0.6 is 11.8 Å². The van der Waals surface area contributed by atoms with Gasteiger partial charge in [-0.1, -0.05) is 36.4 Å². The SMILES string of the molecule is CSc1ccc([C@H]2C3=C(Nc4nc(N)[nH]c(=O)c42)c2ccccc2C3=O)cc1. The summed E-state index contributed by atoms with van der Waals surface area (Å²) in [7, 11) is 0. The van der Waals surface area contributed by atoms with Crippen molar-refractivity contribution in [3.05, 3.63) is 86.7 Å². The van der Waals surface area contributed by atoms with Crippen LogP contribution in [0, 0.1) is 0 Å². The van der Waals surface area contributed by atoms with Gasteiger partial charge in [0.15, 0.2) is 5.78 Å². The number of nitrogen functional groups attached to an aromatic ring is 1. The molecule has 7 heteroatoms. The number of nitrogens with zero attached hydrogens (tertiary/aromatic N) is 1. The van der Waals surface area contributed by atoms with E-state index < -0.39 is 5.92 Å². The molecule has 1 aromatic heterocycles. The van der Waals surface area contributed by atoms with E-state index in [1.165, 1.54) is 0 Å². The van der Waals surface area contributed by atoms with Crippen LogP contribution < -0.4 is 16.6 Å². The summed E-state index contributed by atoms with van der Waals surface area (Å²) in [5, 5.41) is 3.19. The Bertz CT molecular complexity index is 1230. The van der Waals surface area contributed by atoms with Crippen LogP contribution in [-0.2, 0) is 0 Å². The molecule has 0 amide bonds. The Kier molecular flexibility index (Phi) is 3.67. The maximum Gasteiger partial charge on any atom is 0.258 e. The quantitative estimate of drug-likeness (QED) is 0.583. The Hall–Kier alpha value is -3.32. The van der Waals surface area contributed by atoms with E-state index in [4.69, 9.17) is 5.73 Å². The van der Waals surface area contributed by atoms with Gasteiger partial charge < -0.3 is 11.1 Å². The second kappa shape index (κ2) is 6.10. The number of allylic oxidation sites excluding steroid dienone is 1. The lowest BCUT2D eigenvalue weighted by atomic mass is 9.82. The summed E-state index contributed by atoms with van der Waals surface area (Å²) in [6.07, 6.45) is 2.00. The molecule has 4 N–H and O–H groups in total. The normalized spacial score (nSPS) is 17.0. The van der Waals surface area contributed by atoms with Gasteiger partial charge in [-0.15, -0.1) is 11.8 Å². The molecule has 0 bridgehead atoms. The van der Waals surface area contributed by atoms with Crippen molar-refractivity contribution >= 4 is 35.0 Å². The molecule has 28 heavy (non-hydrogen) atoms. The summed E-state index contributed by atoms with van der Waals surface area (Å²) in [5.74, 6) is -0.157. The molecule has 0 unspecified atom stereocenters. The minimum atomic E-state index is -0.515. The van der Waals surface area contributed by atoms with Crippen molar-refractivity contribution in [1.82, 2.24) is 9.97 Å². The predicted molar refractivity (Wildman–Crippen MR) is 111 cm³/mol. The Morgan fingerprint density at radius 2 is 1.75 bits per heavy atom. The summed E-state index contributed by atoms with van der Waals surface area (Å²) in [6.45, 7) is 0. The van der Waals surface area contributed by atoms with Gasteiger partial charge >= 0.3 is 0 Å². The zero-order valence-electron chi connectivity index (χ0n) is 14.9. The first-order valence-electron chi connectivity index (χ1n) is 8.77. The van der Waals surface area contributed by atoms with Crippen LogP contribution in [0.5, 0.6) is 0 Å². The lowest BCUT2D eigenvalue weighted by molar-refractivity contribution is 0.103. The molecular formula is C21H16N4O2S. The Labute approximate surface area is 164 Å². The van der Waals surface area contributed by atoms with E-state index in [-0.39, 0.29) is 17.3 Å². The number of thioether (sulfide) groups is 1. The van der Waals surface area contributed by atoms with E-state index in [1.54, 1.807) is 11.8 Å². The summed E-state index contributed by atoms with van der Waals surface area (Å²) in [4.78, 5) is 34.1. The molecule has 1 aliphatic heterocycles. The molecule has 2 aromatic carbocycles. The van der Waals surface area contributed by atoms with E-state index in [0.717, 1.165) is 16.0 Å². The molecule has 3 aromatic rings. The van der Waals surface area contributed by atoms with Gasteiger partial charge in [-0.3, -0.25) is 14.6 Å². The van der Waals surface area contributed by atoms with Gasteiger partial charge in [0.05, 0.1) is 11.3 Å². The van der Waals surface area contributed by atoms with Crippen LogP contribution in [0.2, 0.25) is 0 Å². The van der Waals surface area contributed by atoms with Crippen LogP contribution in [0.25, 0.3) is 5.70 Å². The largest absolute Gasteiger partial charge is 0.369 e. The highest BCUT2D eigenvalue weighted by atomic mass is 32.2. The average Bonchev–Trinajstić information content (AvgIpc) is 2.99. The first-order chi connectivity index (χ1) is 13.6. The number of H-pyrrole nitrogens is 1. The third-order valence-corrected chi connectivity index (χ3v) is 5.94. The number of fused-ring (bicyclic) bond motifs is 3. The van der Waals surface area contributed by atoms with Crippen molar-refractivity contribution in [3.8, 4) is 0 Å². The number of aromatic nitrogens is 2. The lowest BCUT2D eigenvalue weighted by Gasteiger charge is -2.27. The summed E-state index contributed by atoms with van der Waals surface area (Å²) >= 11 is 1.64. The fourth-order valence-corrected chi connectivity index (χ4v) is 4.38. The molecule has 2 heterocycles. The number of carbonyl (C=O) groups is 1. The Morgan fingerprint density at radius 3 is 2.46 bits per heavy atom. The standard InChI is InChI=1S/C21H16N4O2S/c1-28-11-8-6-10(7-9-11)14-15-17(12-4-2-3-5-13(12)18(15)26)23-19-16(14)20(27)25-21(22)24-19/h2-9,14H,1H3,(H4,22,23,24,25,27)/t14-/m0/s1. The van der Waals surface area contributed by atoms with E-state index in [2.05, 4.69) is 15.3 Å². The van der Waals surface area contributed by atoms with E-state index in [0.29, 0.717) is 28.2 Å². The molecular weight excluding hydrogens is 372 g/mol. The van der Waals surface area contributed by atoms with E-state index >= 15 is 0 Å². The van der Waals surface area contributed by atoms with Crippen LogP contribution in [0.15, 0.2) is 63.8 Å². The number of nitrogens with two attached hydrogens (primary N) is 1. The molecule has 0 saturated heterocycles. The highest BCUT2D eigenvalue weighted by Gasteiger charge is 2.41. The van der Waals surface area contributed by atoms with Gasteiger partial charge in [-0.25, -0.2) is 0 Å². The molecule has 1 aliphatic carbocycles. The summed E-state index contributed by atoms with van der Waals surface area (Å²) in [6, 6.07) is 15.3. The zero-order chi connectivity index (χ0) is 19.4. The molecule has 0 fully saturated rings. The molecule has 0 spiro atoms. The Balaban J connectivity index is 1.79. The van der Waals surface area contributed by atoms with Gasteiger partial charge in [0.25, 0.3) is 5.56 Å². The van der Waals surface area contributed by atoms with Crippen LogP contribution in [0.1, 0.15) is 33.0 Å². The van der Waals surface area contributed by atoms with Crippen molar-refractivity contribution in [2.24, 2.45) is 0 Å². The minimum Gasteiger partial charge on any atom is -0.369 e. The predicted octanol–water partition coefficient (Wildman–Crippen LogP) is 3.24. The number of aromatic amines is 1. The molecule has 6 nitrogen and oxygen atoms in total. The van der Waals surface area contributed by atoms with Gasteiger partial charge in [0.1, 0.15) is 5.82 Å².